The van der Waals surface area contributed by atoms with Crippen LogP contribution in [0.4, 0.5) is 5.69 Å². The molecule has 0 saturated heterocycles. The first-order valence-corrected chi connectivity index (χ1v) is 5.29. The van der Waals surface area contributed by atoms with Crippen LogP contribution in [0.2, 0.25) is 5.02 Å². The van der Waals surface area contributed by atoms with E-state index in [1.165, 1.54) is 0 Å². The van der Waals surface area contributed by atoms with E-state index in [1.807, 2.05) is 18.2 Å². The Kier molecular flexibility index (Phi) is 2.61. The summed E-state index contributed by atoms with van der Waals surface area (Å²) >= 11 is 9.50. The molecule has 0 bridgehead atoms. The van der Waals surface area contributed by atoms with E-state index in [9.17, 15) is 0 Å². The van der Waals surface area contributed by atoms with Crippen molar-refractivity contribution in [1.29, 1.82) is 0 Å². The van der Waals surface area contributed by atoms with Crippen LogP contribution in [0.25, 0.3) is 0 Å². The summed E-state index contributed by atoms with van der Waals surface area (Å²) < 4.78 is 1.02. The van der Waals surface area contributed by atoms with Crippen LogP contribution in [0.5, 0.6) is 0 Å². The minimum absolute atomic E-state index is 0.804. The number of rotatable bonds is 1. The van der Waals surface area contributed by atoms with Crippen molar-refractivity contribution in [3.63, 3.8) is 0 Å². The zero-order valence-corrected chi connectivity index (χ0v) is 9.35. The van der Waals surface area contributed by atoms with Crippen molar-refractivity contribution in [2.24, 2.45) is 0 Å². The highest BCUT2D eigenvalue weighted by molar-refractivity contribution is 9.10. The number of nitrogens with zero attached hydrogens (tertiary/aromatic N) is 1. The van der Waals surface area contributed by atoms with Crippen molar-refractivity contribution in [2.45, 2.75) is 0 Å². The predicted molar refractivity (Wildman–Crippen MR) is 60.5 cm³/mol. The van der Waals surface area contributed by atoms with Crippen LogP contribution >= 0.6 is 27.5 Å². The number of benzene rings is 1. The van der Waals surface area contributed by atoms with Crippen LogP contribution in [0.1, 0.15) is 0 Å². The van der Waals surface area contributed by atoms with Crippen molar-refractivity contribution < 1.29 is 0 Å². The molecular formula is C10H9BrClN. The van der Waals surface area contributed by atoms with E-state index < -0.39 is 0 Å². The molecule has 0 fully saturated rings. The molecule has 0 atom stereocenters. The molecule has 13 heavy (non-hydrogen) atoms. The minimum Gasteiger partial charge on any atom is -0.363 e. The van der Waals surface area contributed by atoms with E-state index in [2.05, 4.69) is 33.0 Å². The summed E-state index contributed by atoms with van der Waals surface area (Å²) in [6.45, 7) is 1.92. The highest BCUT2D eigenvalue weighted by atomic mass is 79.9. The summed E-state index contributed by atoms with van der Waals surface area (Å²) in [4.78, 5) is 2.23. The van der Waals surface area contributed by atoms with Gasteiger partial charge in [0.05, 0.1) is 10.7 Å². The van der Waals surface area contributed by atoms with E-state index in [4.69, 9.17) is 11.6 Å². The van der Waals surface area contributed by atoms with E-state index in [-0.39, 0.29) is 0 Å². The molecule has 0 aromatic heterocycles. The topological polar surface area (TPSA) is 3.24 Å². The lowest BCUT2D eigenvalue weighted by Crippen LogP contribution is -2.18. The second-order valence-corrected chi connectivity index (χ2v) is 4.29. The molecular weight excluding hydrogens is 249 g/mol. The van der Waals surface area contributed by atoms with Gasteiger partial charge in [0.15, 0.2) is 0 Å². The minimum atomic E-state index is 0.804. The van der Waals surface area contributed by atoms with Crippen LogP contribution < -0.4 is 4.90 Å². The molecule has 0 N–H and O–H groups in total. The molecule has 0 aliphatic carbocycles. The van der Waals surface area contributed by atoms with E-state index in [0.717, 1.165) is 28.3 Å². The van der Waals surface area contributed by atoms with Gasteiger partial charge in [-0.1, -0.05) is 39.7 Å². The monoisotopic (exact) mass is 257 g/mol. The molecule has 0 radical (unpaired) electrons. The molecule has 1 aromatic carbocycles. The molecule has 1 aliphatic heterocycles. The summed E-state index contributed by atoms with van der Waals surface area (Å²) in [5.74, 6) is 0. The Bertz CT molecular complexity index is 341. The third-order valence-electron chi connectivity index (χ3n) is 2.07. The van der Waals surface area contributed by atoms with Gasteiger partial charge in [-0.2, -0.15) is 0 Å². The Hall–Kier alpha value is -0.470. The second kappa shape index (κ2) is 3.72. The fourth-order valence-electron chi connectivity index (χ4n) is 1.41. The molecule has 1 aromatic rings. The first kappa shape index (κ1) is 9.10. The highest BCUT2D eigenvalue weighted by Gasteiger charge is 2.10. The first-order valence-electron chi connectivity index (χ1n) is 4.12. The van der Waals surface area contributed by atoms with Crippen LogP contribution in [-0.4, -0.2) is 13.1 Å². The fourth-order valence-corrected chi connectivity index (χ4v) is 2.21. The second-order valence-electron chi connectivity index (χ2n) is 2.97. The lowest BCUT2D eigenvalue weighted by molar-refractivity contribution is 1.01. The molecule has 0 spiro atoms. The van der Waals surface area contributed by atoms with Crippen LogP contribution in [0.3, 0.4) is 0 Å². The molecule has 3 heteroatoms. The third-order valence-corrected chi connectivity index (χ3v) is 2.86. The molecule has 0 amide bonds. The lowest BCUT2D eigenvalue weighted by Gasteiger charge is -2.18. The fraction of sp³-hybridized carbons (Fsp3) is 0.200. The van der Waals surface area contributed by atoms with E-state index >= 15 is 0 Å². The summed E-state index contributed by atoms with van der Waals surface area (Å²) in [5.41, 5.74) is 1.11. The quantitative estimate of drug-likeness (QED) is 0.697. The van der Waals surface area contributed by atoms with Gasteiger partial charge in [0.2, 0.25) is 0 Å². The number of anilines is 1. The van der Waals surface area contributed by atoms with Gasteiger partial charge in [0.1, 0.15) is 0 Å². The average Bonchev–Trinajstić information content (AvgIpc) is 2.56. The van der Waals surface area contributed by atoms with Gasteiger partial charge < -0.3 is 4.90 Å². The predicted octanol–water partition coefficient (Wildman–Crippen LogP) is 3.48. The van der Waals surface area contributed by atoms with Crippen molar-refractivity contribution in [1.82, 2.24) is 0 Å². The van der Waals surface area contributed by atoms with Crippen molar-refractivity contribution in [3.8, 4) is 0 Å². The van der Waals surface area contributed by atoms with Gasteiger partial charge in [-0.05, 0) is 18.2 Å². The maximum Gasteiger partial charge on any atom is 0.0650 e. The summed E-state index contributed by atoms with van der Waals surface area (Å²) in [6.07, 6.45) is 4.30. The van der Waals surface area contributed by atoms with Crippen molar-refractivity contribution >= 4 is 33.2 Å². The van der Waals surface area contributed by atoms with E-state index in [1.54, 1.807) is 0 Å². The highest BCUT2D eigenvalue weighted by Crippen LogP contribution is 2.29. The zero-order chi connectivity index (χ0) is 9.26. The van der Waals surface area contributed by atoms with Crippen LogP contribution in [-0.2, 0) is 0 Å². The summed E-state index contributed by atoms with van der Waals surface area (Å²) in [5, 5.41) is 0.804. The third kappa shape index (κ3) is 1.89. The smallest absolute Gasteiger partial charge is 0.0650 e. The van der Waals surface area contributed by atoms with Crippen LogP contribution in [0.15, 0.2) is 34.8 Å². The SMILES string of the molecule is Clc1cc(Br)ccc1N1CC=CC1. The molecule has 1 heterocycles. The van der Waals surface area contributed by atoms with Crippen molar-refractivity contribution in [3.05, 3.63) is 39.8 Å². The summed E-state index contributed by atoms with van der Waals surface area (Å²) in [7, 11) is 0. The largest absolute Gasteiger partial charge is 0.363 e. The Balaban J connectivity index is 2.30. The standard InChI is InChI=1S/C10H9BrClN/c11-8-3-4-10(9(12)7-8)13-5-1-2-6-13/h1-4,7H,5-6H2. The normalized spacial score (nSPS) is 15.4. The maximum absolute atomic E-state index is 6.11. The Morgan fingerprint density at radius 3 is 2.54 bits per heavy atom. The number of hydrogen-bond donors (Lipinski definition) is 0. The van der Waals surface area contributed by atoms with Gasteiger partial charge in [0.25, 0.3) is 0 Å². The molecule has 0 saturated carbocycles. The Morgan fingerprint density at radius 1 is 1.23 bits per heavy atom. The molecule has 0 unspecified atom stereocenters. The van der Waals surface area contributed by atoms with Gasteiger partial charge in [-0.25, -0.2) is 0 Å². The molecule has 1 aliphatic rings. The van der Waals surface area contributed by atoms with Gasteiger partial charge >= 0.3 is 0 Å². The number of hydrogen-bond acceptors (Lipinski definition) is 1. The molecule has 1 nitrogen and oxygen atoms in total. The van der Waals surface area contributed by atoms with Gasteiger partial charge in [-0.3, -0.25) is 0 Å². The van der Waals surface area contributed by atoms with Crippen molar-refractivity contribution in [2.75, 3.05) is 18.0 Å². The zero-order valence-electron chi connectivity index (χ0n) is 7.00. The van der Waals surface area contributed by atoms with Crippen LogP contribution in [0, 0.1) is 0 Å². The van der Waals surface area contributed by atoms with Gasteiger partial charge in [-0.15, -0.1) is 0 Å². The van der Waals surface area contributed by atoms with Gasteiger partial charge in [0, 0.05) is 17.6 Å². The first-order chi connectivity index (χ1) is 6.27. The summed E-state index contributed by atoms with van der Waals surface area (Å²) in [6, 6.07) is 5.98. The molecule has 2 rings (SSSR count). The average molecular weight is 259 g/mol. The maximum atomic E-state index is 6.11. The Morgan fingerprint density at radius 2 is 1.92 bits per heavy atom. The lowest BCUT2D eigenvalue weighted by atomic mass is 10.3. The van der Waals surface area contributed by atoms with E-state index in [0.29, 0.717) is 0 Å². The number of halogens is 2. The Labute approximate surface area is 91.1 Å². The molecule has 68 valence electrons.